The van der Waals surface area contributed by atoms with Gasteiger partial charge in [0.05, 0.1) is 19.6 Å². The van der Waals surface area contributed by atoms with Crippen molar-refractivity contribution in [2.45, 2.75) is 45.8 Å². The van der Waals surface area contributed by atoms with Crippen LogP contribution in [0.5, 0.6) is 0 Å². The van der Waals surface area contributed by atoms with E-state index in [1.807, 2.05) is 4.90 Å². The Kier molecular flexibility index (Phi) is 5.36. The zero-order valence-electron chi connectivity index (χ0n) is 17.5. The molecule has 2 saturated heterocycles. The lowest BCUT2D eigenvalue weighted by Gasteiger charge is -2.40. The third-order valence-corrected chi connectivity index (χ3v) is 6.53. The topological polar surface area (TPSA) is 81.4 Å². The van der Waals surface area contributed by atoms with Crippen LogP contribution in [-0.4, -0.2) is 64.3 Å². The number of hydrogen-bond donors (Lipinski definition) is 2. The van der Waals surface area contributed by atoms with E-state index in [9.17, 15) is 9.59 Å². The average Bonchev–Trinajstić information content (AvgIpc) is 3.24. The summed E-state index contributed by atoms with van der Waals surface area (Å²) in [6.07, 6.45) is 0.970. The fraction of sp³-hybridized carbons (Fsp3) is 0.545. The molecule has 4 rings (SSSR count). The minimum absolute atomic E-state index is 0.00896. The second-order valence-corrected chi connectivity index (χ2v) is 8.53. The van der Waals surface area contributed by atoms with E-state index in [0.717, 1.165) is 31.7 Å². The van der Waals surface area contributed by atoms with Gasteiger partial charge in [0.1, 0.15) is 5.60 Å². The largest absolute Gasteiger partial charge is 0.370 e. The molecule has 1 aromatic carbocycles. The third-order valence-electron chi connectivity index (χ3n) is 6.53. The van der Waals surface area contributed by atoms with Crippen LogP contribution < -0.4 is 5.56 Å². The van der Waals surface area contributed by atoms with Crippen LogP contribution in [0.1, 0.15) is 34.4 Å². The standard InChI is InChI=1S/C22H30N4O3/c1-15-5-4-6-18(16(15)2)12-25-9-10-29-22(13-25)7-8-26(14-22)20(27)11-19-17(3)23-24-21(19)28/h4-6H,7-14H2,1-3H3,(H2,23,24,28). The first kappa shape index (κ1) is 19.9. The Labute approximate surface area is 171 Å². The molecule has 2 N–H and O–H groups in total. The quantitative estimate of drug-likeness (QED) is 0.821. The minimum Gasteiger partial charge on any atom is -0.370 e. The van der Waals surface area contributed by atoms with E-state index in [4.69, 9.17) is 4.74 Å². The van der Waals surface area contributed by atoms with Crippen LogP contribution in [-0.2, 0) is 22.5 Å². The van der Waals surface area contributed by atoms with E-state index >= 15 is 0 Å². The number of likely N-dealkylation sites (tertiary alicyclic amines) is 1. The Bertz CT molecular complexity index is 963. The number of benzene rings is 1. The fourth-order valence-corrected chi connectivity index (χ4v) is 4.53. The third kappa shape index (κ3) is 4.02. The lowest BCUT2D eigenvalue weighted by Crippen LogP contribution is -2.53. The highest BCUT2D eigenvalue weighted by Gasteiger charge is 2.44. The van der Waals surface area contributed by atoms with Crippen molar-refractivity contribution in [1.82, 2.24) is 20.0 Å². The summed E-state index contributed by atoms with van der Waals surface area (Å²) in [6, 6.07) is 6.47. The summed E-state index contributed by atoms with van der Waals surface area (Å²) in [4.78, 5) is 29.0. The zero-order valence-corrected chi connectivity index (χ0v) is 17.5. The van der Waals surface area contributed by atoms with Crippen molar-refractivity contribution >= 4 is 5.91 Å². The lowest BCUT2D eigenvalue weighted by molar-refractivity contribution is -0.134. The highest BCUT2D eigenvalue weighted by molar-refractivity contribution is 5.79. The number of ether oxygens (including phenoxy) is 1. The van der Waals surface area contributed by atoms with E-state index in [-0.39, 0.29) is 23.5 Å². The molecule has 2 aliphatic rings. The summed E-state index contributed by atoms with van der Waals surface area (Å²) in [5.41, 5.74) is 4.77. The van der Waals surface area contributed by atoms with E-state index < -0.39 is 0 Å². The molecule has 156 valence electrons. The van der Waals surface area contributed by atoms with Gasteiger partial charge in [-0.1, -0.05) is 18.2 Å². The second-order valence-electron chi connectivity index (χ2n) is 8.53. The molecule has 2 aliphatic heterocycles. The molecular formula is C22H30N4O3. The molecule has 1 amide bonds. The molecular weight excluding hydrogens is 368 g/mol. The van der Waals surface area contributed by atoms with Gasteiger partial charge in [0.25, 0.3) is 5.56 Å². The van der Waals surface area contributed by atoms with Crippen LogP contribution in [0.3, 0.4) is 0 Å². The Hall–Kier alpha value is -2.38. The van der Waals surface area contributed by atoms with Crippen molar-refractivity contribution in [2.75, 3.05) is 32.8 Å². The molecule has 0 saturated carbocycles. The number of nitrogens with zero attached hydrogens (tertiary/aromatic N) is 2. The number of morpholine rings is 1. The first-order valence-electron chi connectivity index (χ1n) is 10.3. The van der Waals surface area contributed by atoms with E-state index in [1.54, 1.807) is 6.92 Å². The number of aryl methyl sites for hydroxylation is 2. The maximum absolute atomic E-state index is 12.8. The van der Waals surface area contributed by atoms with Gasteiger partial charge < -0.3 is 14.7 Å². The zero-order chi connectivity index (χ0) is 20.6. The number of carbonyl (C=O) groups is 1. The minimum atomic E-state index is -0.300. The van der Waals surface area contributed by atoms with Crippen molar-refractivity contribution in [1.29, 1.82) is 0 Å². The first-order valence-corrected chi connectivity index (χ1v) is 10.3. The van der Waals surface area contributed by atoms with Crippen LogP contribution in [0.15, 0.2) is 23.0 Å². The Morgan fingerprint density at radius 2 is 2.00 bits per heavy atom. The summed E-state index contributed by atoms with van der Waals surface area (Å²) in [6.45, 7) is 10.7. The van der Waals surface area contributed by atoms with Crippen LogP contribution in [0, 0.1) is 20.8 Å². The molecule has 2 aromatic rings. The van der Waals surface area contributed by atoms with Crippen molar-refractivity contribution in [3.8, 4) is 0 Å². The molecule has 2 fully saturated rings. The van der Waals surface area contributed by atoms with Gasteiger partial charge in [-0.15, -0.1) is 0 Å². The molecule has 3 heterocycles. The van der Waals surface area contributed by atoms with Crippen molar-refractivity contribution < 1.29 is 9.53 Å². The van der Waals surface area contributed by atoms with Gasteiger partial charge in [-0.25, -0.2) is 0 Å². The molecule has 0 bridgehead atoms. The van der Waals surface area contributed by atoms with E-state index in [2.05, 4.69) is 47.1 Å². The first-order chi connectivity index (χ1) is 13.9. The van der Waals surface area contributed by atoms with Crippen LogP contribution >= 0.6 is 0 Å². The summed E-state index contributed by atoms with van der Waals surface area (Å²) in [5.74, 6) is -0.00896. The molecule has 1 aromatic heterocycles. The highest BCUT2D eigenvalue weighted by atomic mass is 16.5. The molecule has 7 heteroatoms. The maximum Gasteiger partial charge on any atom is 0.267 e. The molecule has 0 radical (unpaired) electrons. The SMILES string of the molecule is Cc1cccc(CN2CCOC3(CCN(C(=O)Cc4c(C)[nH][nH]c4=O)C3)C2)c1C. The van der Waals surface area contributed by atoms with Gasteiger partial charge in [0.15, 0.2) is 0 Å². The molecule has 7 nitrogen and oxygen atoms in total. The molecule has 29 heavy (non-hydrogen) atoms. The van der Waals surface area contributed by atoms with E-state index in [1.165, 1.54) is 16.7 Å². The Morgan fingerprint density at radius 3 is 2.76 bits per heavy atom. The molecule has 1 atom stereocenters. The van der Waals surface area contributed by atoms with Gasteiger partial charge in [0, 0.05) is 37.4 Å². The number of amides is 1. The van der Waals surface area contributed by atoms with Gasteiger partial charge in [-0.05, 0) is 43.9 Å². The number of aromatic amines is 2. The fourth-order valence-electron chi connectivity index (χ4n) is 4.53. The maximum atomic E-state index is 12.8. The molecule has 1 spiro atoms. The summed E-state index contributed by atoms with van der Waals surface area (Å²) >= 11 is 0. The number of H-pyrrole nitrogens is 2. The van der Waals surface area contributed by atoms with Crippen molar-refractivity contribution in [3.05, 3.63) is 56.5 Å². The summed E-state index contributed by atoms with van der Waals surface area (Å²) in [7, 11) is 0. The average molecular weight is 399 g/mol. The monoisotopic (exact) mass is 398 g/mol. The number of rotatable bonds is 4. The van der Waals surface area contributed by atoms with Gasteiger partial charge in [-0.2, -0.15) is 0 Å². The Balaban J connectivity index is 1.41. The number of hydrogen-bond acceptors (Lipinski definition) is 4. The van der Waals surface area contributed by atoms with E-state index in [0.29, 0.717) is 25.3 Å². The van der Waals surface area contributed by atoms with Crippen LogP contribution in [0.25, 0.3) is 0 Å². The number of aromatic nitrogens is 2. The van der Waals surface area contributed by atoms with Gasteiger partial charge in [-0.3, -0.25) is 19.6 Å². The predicted molar refractivity (Wildman–Crippen MR) is 111 cm³/mol. The lowest BCUT2D eigenvalue weighted by atomic mass is 9.98. The molecule has 1 unspecified atom stereocenters. The number of nitrogens with one attached hydrogen (secondary N) is 2. The van der Waals surface area contributed by atoms with Gasteiger partial charge in [0.2, 0.25) is 5.91 Å². The predicted octanol–water partition coefficient (Wildman–Crippen LogP) is 1.67. The van der Waals surface area contributed by atoms with Crippen molar-refractivity contribution in [3.63, 3.8) is 0 Å². The summed E-state index contributed by atoms with van der Waals surface area (Å²) in [5, 5.41) is 5.33. The van der Waals surface area contributed by atoms with Gasteiger partial charge >= 0.3 is 0 Å². The van der Waals surface area contributed by atoms with Crippen LogP contribution in [0.2, 0.25) is 0 Å². The smallest absolute Gasteiger partial charge is 0.267 e. The van der Waals surface area contributed by atoms with Crippen LogP contribution in [0.4, 0.5) is 0 Å². The summed E-state index contributed by atoms with van der Waals surface area (Å²) < 4.78 is 6.20. The second kappa shape index (κ2) is 7.80. The van der Waals surface area contributed by atoms with Crippen molar-refractivity contribution in [2.24, 2.45) is 0 Å². The molecule has 0 aliphatic carbocycles. The normalized spacial score (nSPS) is 22.5. The highest BCUT2D eigenvalue weighted by Crippen LogP contribution is 2.30. The Morgan fingerprint density at radius 1 is 1.17 bits per heavy atom. The number of carbonyl (C=O) groups excluding carboxylic acids is 1.